The summed E-state index contributed by atoms with van der Waals surface area (Å²) in [6.07, 6.45) is 1.51. The molecule has 3 aromatic rings. The monoisotopic (exact) mass is 384 g/mol. The van der Waals surface area contributed by atoms with Crippen LogP contribution in [0.4, 0.5) is 5.69 Å². The van der Waals surface area contributed by atoms with Gasteiger partial charge in [0, 0.05) is 11.3 Å². The number of nitrogens with zero attached hydrogens (tertiary/aromatic N) is 1. The second-order valence-corrected chi connectivity index (χ2v) is 6.16. The van der Waals surface area contributed by atoms with Crippen LogP contribution in [-0.2, 0) is 11.4 Å². The number of rotatable bonds is 7. The molecule has 0 radical (unpaired) electrons. The van der Waals surface area contributed by atoms with Crippen LogP contribution in [0, 0.1) is 11.3 Å². The van der Waals surface area contributed by atoms with Gasteiger partial charge in [-0.2, -0.15) is 5.26 Å². The van der Waals surface area contributed by atoms with Crippen molar-refractivity contribution in [1.29, 1.82) is 5.26 Å². The Bertz CT molecular complexity index is 1040. The highest BCUT2D eigenvalue weighted by Gasteiger charge is 2.11. The summed E-state index contributed by atoms with van der Waals surface area (Å²) < 4.78 is 11.0. The molecule has 0 atom stereocenters. The van der Waals surface area contributed by atoms with Crippen molar-refractivity contribution >= 4 is 17.7 Å². The lowest BCUT2D eigenvalue weighted by Gasteiger charge is -2.09. The topological polar surface area (TPSA) is 71.3 Å². The number of para-hydroxylation sites is 1. The smallest absolute Gasteiger partial charge is 0.266 e. The van der Waals surface area contributed by atoms with E-state index >= 15 is 0 Å². The SMILES string of the molecule is COc1ccccc1/C=C(\C#N)C(=O)Nc1ccc(OCc2ccccc2)cc1. The first-order valence-electron chi connectivity index (χ1n) is 9.02. The van der Waals surface area contributed by atoms with Gasteiger partial charge in [-0.1, -0.05) is 48.5 Å². The third kappa shape index (κ3) is 5.47. The molecular weight excluding hydrogens is 364 g/mol. The number of carbonyl (C=O) groups is 1. The molecule has 0 aromatic heterocycles. The molecule has 0 heterocycles. The van der Waals surface area contributed by atoms with Gasteiger partial charge in [0.2, 0.25) is 0 Å². The van der Waals surface area contributed by atoms with E-state index in [-0.39, 0.29) is 5.57 Å². The quantitative estimate of drug-likeness (QED) is 0.468. The van der Waals surface area contributed by atoms with Crippen LogP contribution in [-0.4, -0.2) is 13.0 Å². The Kier molecular flexibility index (Phi) is 6.64. The molecule has 3 rings (SSSR count). The average Bonchev–Trinajstić information content (AvgIpc) is 2.77. The van der Waals surface area contributed by atoms with E-state index in [4.69, 9.17) is 9.47 Å². The van der Waals surface area contributed by atoms with Gasteiger partial charge in [0.1, 0.15) is 29.7 Å². The number of amides is 1. The summed E-state index contributed by atoms with van der Waals surface area (Å²) in [6, 6.07) is 26.0. The molecule has 0 saturated heterocycles. The Hall–Kier alpha value is -4.04. The molecule has 0 saturated carbocycles. The van der Waals surface area contributed by atoms with Gasteiger partial charge < -0.3 is 14.8 Å². The predicted molar refractivity (Wildman–Crippen MR) is 112 cm³/mol. The number of methoxy groups -OCH3 is 1. The van der Waals surface area contributed by atoms with E-state index < -0.39 is 5.91 Å². The molecule has 0 fully saturated rings. The van der Waals surface area contributed by atoms with Crippen molar-refractivity contribution in [3.63, 3.8) is 0 Å². The largest absolute Gasteiger partial charge is 0.496 e. The first kappa shape index (κ1) is 19.7. The summed E-state index contributed by atoms with van der Waals surface area (Å²) in [5.74, 6) is 0.793. The number of carbonyl (C=O) groups excluding carboxylic acids is 1. The Morgan fingerprint density at radius 3 is 2.38 bits per heavy atom. The van der Waals surface area contributed by atoms with Crippen molar-refractivity contribution in [2.24, 2.45) is 0 Å². The molecule has 1 amide bonds. The maximum Gasteiger partial charge on any atom is 0.266 e. The van der Waals surface area contributed by atoms with Crippen molar-refractivity contribution < 1.29 is 14.3 Å². The number of hydrogen-bond donors (Lipinski definition) is 1. The first-order valence-corrected chi connectivity index (χ1v) is 9.02. The lowest BCUT2D eigenvalue weighted by molar-refractivity contribution is -0.112. The summed E-state index contributed by atoms with van der Waals surface area (Å²) in [6.45, 7) is 0.465. The van der Waals surface area contributed by atoms with E-state index in [0.717, 1.165) is 5.56 Å². The highest BCUT2D eigenvalue weighted by atomic mass is 16.5. The lowest BCUT2D eigenvalue weighted by Crippen LogP contribution is -2.13. The molecule has 0 unspecified atom stereocenters. The number of benzene rings is 3. The third-order valence-electron chi connectivity index (χ3n) is 4.16. The Morgan fingerprint density at radius 2 is 1.69 bits per heavy atom. The number of ether oxygens (including phenoxy) is 2. The highest BCUT2D eigenvalue weighted by Crippen LogP contribution is 2.21. The van der Waals surface area contributed by atoms with E-state index in [0.29, 0.717) is 29.4 Å². The van der Waals surface area contributed by atoms with Crippen LogP contribution in [0.1, 0.15) is 11.1 Å². The zero-order valence-corrected chi connectivity index (χ0v) is 16.0. The van der Waals surface area contributed by atoms with Gasteiger partial charge in [0.25, 0.3) is 5.91 Å². The fourth-order valence-corrected chi connectivity index (χ4v) is 2.66. The van der Waals surface area contributed by atoms with Gasteiger partial charge in [0.05, 0.1) is 7.11 Å². The van der Waals surface area contributed by atoms with Crippen LogP contribution in [0.25, 0.3) is 6.08 Å². The maximum absolute atomic E-state index is 12.5. The molecule has 0 aliphatic heterocycles. The molecule has 0 spiro atoms. The number of nitrogens with one attached hydrogen (secondary N) is 1. The second kappa shape index (κ2) is 9.77. The Balaban J connectivity index is 1.65. The summed E-state index contributed by atoms with van der Waals surface area (Å²) in [7, 11) is 1.54. The minimum Gasteiger partial charge on any atom is -0.496 e. The van der Waals surface area contributed by atoms with Crippen molar-refractivity contribution in [3.05, 3.63) is 95.6 Å². The Morgan fingerprint density at radius 1 is 1.00 bits per heavy atom. The molecule has 29 heavy (non-hydrogen) atoms. The van der Waals surface area contributed by atoms with E-state index in [2.05, 4.69) is 5.32 Å². The zero-order chi connectivity index (χ0) is 20.5. The van der Waals surface area contributed by atoms with Crippen molar-refractivity contribution in [3.8, 4) is 17.6 Å². The van der Waals surface area contributed by atoms with Gasteiger partial charge in [-0.25, -0.2) is 0 Å². The van der Waals surface area contributed by atoms with E-state index in [1.807, 2.05) is 48.5 Å². The fourth-order valence-electron chi connectivity index (χ4n) is 2.66. The highest BCUT2D eigenvalue weighted by molar-refractivity contribution is 6.09. The molecule has 5 heteroatoms. The van der Waals surface area contributed by atoms with Crippen LogP contribution in [0.15, 0.2) is 84.4 Å². The predicted octanol–water partition coefficient (Wildman–Crippen LogP) is 4.82. The minimum absolute atomic E-state index is 0.0149. The molecule has 0 bridgehead atoms. The Labute approximate surface area is 169 Å². The normalized spacial score (nSPS) is 10.7. The zero-order valence-electron chi connectivity index (χ0n) is 16.0. The van der Waals surface area contributed by atoms with Crippen LogP contribution in [0.3, 0.4) is 0 Å². The molecule has 3 aromatic carbocycles. The number of nitriles is 1. The fraction of sp³-hybridized carbons (Fsp3) is 0.0833. The van der Waals surface area contributed by atoms with Crippen molar-refractivity contribution in [1.82, 2.24) is 0 Å². The van der Waals surface area contributed by atoms with E-state index in [1.54, 1.807) is 43.5 Å². The van der Waals surface area contributed by atoms with Crippen LogP contribution >= 0.6 is 0 Å². The molecule has 1 N–H and O–H groups in total. The van der Waals surface area contributed by atoms with E-state index in [1.165, 1.54) is 6.08 Å². The number of hydrogen-bond acceptors (Lipinski definition) is 4. The lowest BCUT2D eigenvalue weighted by atomic mass is 10.1. The summed E-state index contributed by atoms with van der Waals surface area (Å²) in [5, 5.41) is 12.1. The molecular formula is C24H20N2O3. The summed E-state index contributed by atoms with van der Waals surface area (Å²) >= 11 is 0. The van der Waals surface area contributed by atoms with Crippen LogP contribution < -0.4 is 14.8 Å². The van der Waals surface area contributed by atoms with Crippen LogP contribution in [0.2, 0.25) is 0 Å². The van der Waals surface area contributed by atoms with E-state index in [9.17, 15) is 10.1 Å². The maximum atomic E-state index is 12.5. The minimum atomic E-state index is -0.489. The first-order chi connectivity index (χ1) is 14.2. The van der Waals surface area contributed by atoms with Gasteiger partial charge in [-0.15, -0.1) is 0 Å². The van der Waals surface area contributed by atoms with Gasteiger partial charge in [0.15, 0.2) is 0 Å². The summed E-state index contributed by atoms with van der Waals surface area (Å²) in [4.78, 5) is 12.5. The number of anilines is 1. The van der Waals surface area contributed by atoms with Crippen molar-refractivity contribution in [2.45, 2.75) is 6.61 Å². The van der Waals surface area contributed by atoms with Gasteiger partial charge >= 0.3 is 0 Å². The standard InChI is InChI=1S/C24H20N2O3/c1-28-23-10-6-5-9-19(23)15-20(16-25)24(27)26-21-11-13-22(14-12-21)29-17-18-7-3-2-4-8-18/h2-15H,17H2,1H3,(H,26,27)/b20-15+. The summed E-state index contributed by atoms with van der Waals surface area (Å²) in [5.41, 5.74) is 2.29. The average molecular weight is 384 g/mol. The van der Waals surface area contributed by atoms with Gasteiger partial charge in [-0.3, -0.25) is 4.79 Å². The third-order valence-corrected chi connectivity index (χ3v) is 4.16. The van der Waals surface area contributed by atoms with Crippen LogP contribution in [0.5, 0.6) is 11.5 Å². The molecule has 0 aliphatic rings. The molecule has 0 aliphatic carbocycles. The molecule has 5 nitrogen and oxygen atoms in total. The second-order valence-electron chi connectivity index (χ2n) is 6.16. The molecule has 144 valence electrons. The van der Waals surface area contributed by atoms with Crippen molar-refractivity contribution in [2.75, 3.05) is 12.4 Å². The van der Waals surface area contributed by atoms with Gasteiger partial charge in [-0.05, 0) is 42.0 Å².